The van der Waals surface area contributed by atoms with Gasteiger partial charge in [0, 0.05) is 5.69 Å². The van der Waals surface area contributed by atoms with Crippen LogP contribution in [-0.4, -0.2) is 19.1 Å². The number of hydrogen-bond donors (Lipinski definition) is 1. The van der Waals surface area contributed by atoms with Crippen LogP contribution in [0.25, 0.3) is 0 Å². The number of ether oxygens (including phenoxy) is 2. The van der Waals surface area contributed by atoms with Gasteiger partial charge in [0.25, 0.3) is 5.91 Å². The Balaban J connectivity index is 1.84. The minimum Gasteiger partial charge on any atom is -0.494 e. The molecule has 0 heterocycles. The number of unbranched alkanes of at least 4 members (excludes halogenated alkanes) is 1. The quantitative estimate of drug-likeness (QED) is 0.653. The second kappa shape index (κ2) is 9.40. The van der Waals surface area contributed by atoms with Gasteiger partial charge in [-0.15, -0.1) is 0 Å². The largest absolute Gasteiger partial charge is 0.494 e. The molecule has 2 aromatic carbocycles. The lowest BCUT2D eigenvalue weighted by atomic mass is 10.3. The highest BCUT2D eigenvalue weighted by Gasteiger charge is 2.09. The van der Waals surface area contributed by atoms with Crippen molar-refractivity contribution in [2.24, 2.45) is 0 Å². The lowest BCUT2D eigenvalue weighted by Crippen LogP contribution is -2.20. The summed E-state index contributed by atoms with van der Waals surface area (Å²) in [5, 5.41) is 3.47. The Morgan fingerprint density at radius 3 is 2.33 bits per heavy atom. The number of halogens is 2. The molecule has 0 radical (unpaired) electrons. The summed E-state index contributed by atoms with van der Waals surface area (Å²) >= 11 is 12.0. The molecule has 2 rings (SSSR count). The van der Waals surface area contributed by atoms with Crippen LogP contribution in [0.15, 0.2) is 42.5 Å². The van der Waals surface area contributed by atoms with Crippen LogP contribution < -0.4 is 14.8 Å². The maximum atomic E-state index is 12.0. The molecule has 0 aliphatic rings. The van der Waals surface area contributed by atoms with Gasteiger partial charge in [-0.3, -0.25) is 4.79 Å². The monoisotopic (exact) mass is 367 g/mol. The van der Waals surface area contributed by atoms with E-state index < -0.39 is 0 Å². The zero-order valence-corrected chi connectivity index (χ0v) is 14.9. The van der Waals surface area contributed by atoms with Gasteiger partial charge in [0.1, 0.15) is 5.75 Å². The minimum absolute atomic E-state index is 0.182. The van der Waals surface area contributed by atoms with Crippen LogP contribution in [-0.2, 0) is 4.79 Å². The van der Waals surface area contributed by atoms with Gasteiger partial charge in [0.2, 0.25) is 0 Å². The van der Waals surface area contributed by atoms with Crippen LogP contribution >= 0.6 is 23.2 Å². The van der Waals surface area contributed by atoms with E-state index in [9.17, 15) is 4.79 Å². The number of benzene rings is 2. The van der Waals surface area contributed by atoms with E-state index in [1.54, 1.807) is 30.3 Å². The van der Waals surface area contributed by atoms with Gasteiger partial charge in [0.05, 0.1) is 16.7 Å². The number of carbonyl (C=O) groups is 1. The third-order valence-corrected chi connectivity index (χ3v) is 3.77. The van der Waals surface area contributed by atoms with Crippen molar-refractivity contribution in [3.05, 3.63) is 52.5 Å². The number of para-hydroxylation sites is 1. The summed E-state index contributed by atoms with van der Waals surface area (Å²) in [6, 6.07) is 12.2. The van der Waals surface area contributed by atoms with Crippen LogP contribution in [0.3, 0.4) is 0 Å². The molecule has 0 aromatic heterocycles. The van der Waals surface area contributed by atoms with Gasteiger partial charge in [0.15, 0.2) is 12.4 Å². The summed E-state index contributed by atoms with van der Waals surface area (Å²) in [6.07, 6.45) is 2.10. The topological polar surface area (TPSA) is 47.6 Å². The molecule has 0 spiro atoms. The van der Waals surface area contributed by atoms with Crippen molar-refractivity contribution in [3.63, 3.8) is 0 Å². The van der Waals surface area contributed by atoms with Gasteiger partial charge in [-0.25, -0.2) is 0 Å². The van der Waals surface area contributed by atoms with Crippen molar-refractivity contribution < 1.29 is 14.3 Å². The molecule has 0 fully saturated rings. The first-order valence-electron chi connectivity index (χ1n) is 7.69. The van der Waals surface area contributed by atoms with Crippen molar-refractivity contribution >= 4 is 34.8 Å². The fourth-order valence-corrected chi connectivity index (χ4v) is 2.43. The number of hydrogen-bond acceptors (Lipinski definition) is 3. The molecule has 0 unspecified atom stereocenters. The average molecular weight is 368 g/mol. The van der Waals surface area contributed by atoms with Crippen LogP contribution in [0.4, 0.5) is 5.69 Å². The Morgan fingerprint density at radius 2 is 1.71 bits per heavy atom. The molecule has 0 aliphatic heterocycles. The van der Waals surface area contributed by atoms with Crippen molar-refractivity contribution in [1.29, 1.82) is 0 Å². The minimum atomic E-state index is -0.300. The average Bonchev–Trinajstić information content (AvgIpc) is 2.56. The van der Waals surface area contributed by atoms with Gasteiger partial charge in [-0.2, -0.15) is 0 Å². The molecule has 4 nitrogen and oxygen atoms in total. The van der Waals surface area contributed by atoms with Crippen molar-refractivity contribution in [2.45, 2.75) is 19.8 Å². The van der Waals surface area contributed by atoms with Crippen LogP contribution in [0.5, 0.6) is 11.5 Å². The Kier molecular flexibility index (Phi) is 7.22. The lowest BCUT2D eigenvalue weighted by Gasteiger charge is -2.10. The zero-order valence-electron chi connectivity index (χ0n) is 13.4. The molecule has 2 aromatic rings. The molecule has 1 amide bonds. The van der Waals surface area contributed by atoms with E-state index >= 15 is 0 Å². The van der Waals surface area contributed by atoms with E-state index in [-0.39, 0.29) is 12.5 Å². The normalized spacial score (nSPS) is 10.3. The molecule has 0 atom stereocenters. The smallest absolute Gasteiger partial charge is 0.262 e. The number of carbonyl (C=O) groups excluding carboxylic acids is 1. The Labute approximate surface area is 151 Å². The van der Waals surface area contributed by atoms with E-state index in [0.29, 0.717) is 28.1 Å². The molecular formula is C18H19Cl2NO3. The summed E-state index contributed by atoms with van der Waals surface area (Å²) in [5.74, 6) is 0.779. The molecule has 128 valence electrons. The number of nitrogens with one attached hydrogen (secondary N) is 1. The first kappa shape index (κ1) is 18.4. The van der Waals surface area contributed by atoms with E-state index in [0.717, 1.165) is 18.6 Å². The molecule has 0 bridgehead atoms. The van der Waals surface area contributed by atoms with Gasteiger partial charge >= 0.3 is 0 Å². The third-order valence-electron chi connectivity index (χ3n) is 3.17. The van der Waals surface area contributed by atoms with Crippen molar-refractivity contribution in [2.75, 3.05) is 18.5 Å². The molecule has 1 N–H and O–H groups in total. The predicted molar refractivity (Wildman–Crippen MR) is 97.4 cm³/mol. The fourth-order valence-electron chi connectivity index (χ4n) is 1.92. The van der Waals surface area contributed by atoms with E-state index in [2.05, 4.69) is 12.2 Å². The molecular weight excluding hydrogens is 349 g/mol. The SMILES string of the molecule is CCCCOc1ccc(NC(=O)COc2c(Cl)cccc2Cl)cc1. The first-order chi connectivity index (χ1) is 11.6. The number of anilines is 1. The summed E-state index contributed by atoms with van der Waals surface area (Å²) in [4.78, 5) is 12.0. The van der Waals surface area contributed by atoms with Crippen molar-refractivity contribution in [1.82, 2.24) is 0 Å². The van der Waals surface area contributed by atoms with Gasteiger partial charge in [-0.05, 0) is 42.8 Å². The van der Waals surface area contributed by atoms with E-state index in [1.165, 1.54) is 0 Å². The van der Waals surface area contributed by atoms with Crippen LogP contribution in [0.2, 0.25) is 10.0 Å². The standard InChI is InChI=1S/C18H19Cl2NO3/c1-2-3-11-23-14-9-7-13(8-10-14)21-17(22)12-24-18-15(19)5-4-6-16(18)20/h4-10H,2-3,11-12H2,1H3,(H,21,22). The maximum absolute atomic E-state index is 12.0. The van der Waals surface area contributed by atoms with Crippen molar-refractivity contribution in [3.8, 4) is 11.5 Å². The fraction of sp³-hybridized carbons (Fsp3) is 0.278. The van der Waals surface area contributed by atoms with Crippen LogP contribution in [0, 0.1) is 0 Å². The summed E-state index contributed by atoms with van der Waals surface area (Å²) in [7, 11) is 0. The highest BCUT2D eigenvalue weighted by molar-refractivity contribution is 6.37. The summed E-state index contributed by atoms with van der Waals surface area (Å²) in [6.45, 7) is 2.62. The molecule has 0 aliphatic carbocycles. The first-order valence-corrected chi connectivity index (χ1v) is 8.45. The number of amides is 1. The Morgan fingerprint density at radius 1 is 1.04 bits per heavy atom. The highest BCUT2D eigenvalue weighted by Crippen LogP contribution is 2.32. The lowest BCUT2D eigenvalue weighted by molar-refractivity contribution is -0.118. The Bertz CT molecular complexity index is 654. The maximum Gasteiger partial charge on any atom is 0.262 e. The van der Waals surface area contributed by atoms with Gasteiger partial charge < -0.3 is 14.8 Å². The van der Waals surface area contributed by atoms with Crippen LogP contribution in [0.1, 0.15) is 19.8 Å². The second-order valence-corrected chi connectivity index (χ2v) is 5.93. The molecule has 0 saturated carbocycles. The third kappa shape index (κ3) is 5.62. The Hall–Kier alpha value is -1.91. The molecule has 0 saturated heterocycles. The van der Waals surface area contributed by atoms with E-state index in [4.69, 9.17) is 32.7 Å². The number of rotatable bonds is 8. The summed E-state index contributed by atoms with van der Waals surface area (Å²) < 4.78 is 11.0. The van der Waals surface area contributed by atoms with Gasteiger partial charge in [-0.1, -0.05) is 42.6 Å². The van der Waals surface area contributed by atoms with E-state index in [1.807, 2.05) is 12.1 Å². The molecule has 6 heteroatoms. The summed E-state index contributed by atoms with van der Waals surface area (Å²) in [5.41, 5.74) is 0.664. The zero-order chi connectivity index (χ0) is 17.4. The highest BCUT2D eigenvalue weighted by atomic mass is 35.5. The molecule has 24 heavy (non-hydrogen) atoms. The predicted octanol–water partition coefficient (Wildman–Crippen LogP) is 5.19. The second-order valence-electron chi connectivity index (χ2n) is 5.11.